The summed E-state index contributed by atoms with van der Waals surface area (Å²) in [6, 6.07) is 5.99. The Balaban J connectivity index is 2.08. The van der Waals surface area contributed by atoms with Gasteiger partial charge in [0.05, 0.1) is 6.21 Å². The lowest BCUT2D eigenvalue weighted by atomic mass is 10.2. The van der Waals surface area contributed by atoms with Crippen molar-refractivity contribution in [1.82, 2.24) is 4.98 Å². The molecule has 0 aliphatic heterocycles. The van der Waals surface area contributed by atoms with Crippen LogP contribution in [0, 0.1) is 3.57 Å². The number of halogens is 2. The van der Waals surface area contributed by atoms with Gasteiger partial charge in [0.25, 0.3) is 0 Å². The molecule has 0 bridgehead atoms. The van der Waals surface area contributed by atoms with Gasteiger partial charge in [0.1, 0.15) is 5.82 Å². The van der Waals surface area contributed by atoms with Crippen LogP contribution >= 0.6 is 49.9 Å². The predicted octanol–water partition coefficient (Wildman–Crippen LogP) is 3.54. The third-order valence-electron chi connectivity index (χ3n) is 1.87. The van der Waals surface area contributed by atoms with Crippen molar-refractivity contribution >= 4 is 67.0 Å². The maximum atomic E-state index is 5.50. The molecule has 0 spiro atoms. The molecule has 3 N–H and O–H groups in total. The number of aromatic nitrogens is 1. The van der Waals surface area contributed by atoms with Crippen LogP contribution in [0.25, 0.3) is 0 Å². The molecule has 2 aromatic rings. The summed E-state index contributed by atoms with van der Waals surface area (Å²) in [5, 5.41) is 6.56. The number of nitrogens with zero attached hydrogens (tertiary/aromatic N) is 2. The smallest absolute Gasteiger partial charge is 0.205 e. The number of hydrazone groups is 1. The van der Waals surface area contributed by atoms with Crippen LogP contribution in [0.2, 0.25) is 0 Å². The summed E-state index contributed by atoms with van der Waals surface area (Å²) in [6.45, 7) is 0. The second-order valence-corrected chi connectivity index (χ2v) is 5.90. The van der Waals surface area contributed by atoms with E-state index in [2.05, 4.69) is 54.0 Å². The number of hydrogen-bond donors (Lipinski definition) is 2. The maximum Gasteiger partial charge on any atom is 0.205 e. The molecule has 1 heterocycles. The summed E-state index contributed by atoms with van der Waals surface area (Å²) < 4.78 is 2.18. The molecule has 1 aromatic heterocycles. The number of nitrogen functional groups attached to an aromatic ring is 1. The molecule has 7 heteroatoms. The zero-order valence-corrected chi connectivity index (χ0v) is 13.1. The van der Waals surface area contributed by atoms with E-state index in [4.69, 9.17) is 5.73 Å². The quantitative estimate of drug-likeness (QED) is 0.451. The van der Waals surface area contributed by atoms with Crippen LogP contribution in [-0.4, -0.2) is 11.2 Å². The molecule has 1 aromatic carbocycles. The second kappa shape index (κ2) is 5.78. The van der Waals surface area contributed by atoms with Crippen molar-refractivity contribution in [3.05, 3.63) is 37.2 Å². The number of hydrogen-bond acceptors (Lipinski definition) is 5. The summed E-state index contributed by atoms with van der Waals surface area (Å²) in [4.78, 5) is 4.04. The van der Waals surface area contributed by atoms with Gasteiger partial charge in [0.2, 0.25) is 5.13 Å². The van der Waals surface area contributed by atoms with Gasteiger partial charge in [-0.25, -0.2) is 4.98 Å². The van der Waals surface area contributed by atoms with Crippen LogP contribution in [0.5, 0.6) is 0 Å². The van der Waals surface area contributed by atoms with Crippen LogP contribution in [-0.2, 0) is 0 Å². The molecule has 0 fully saturated rings. The van der Waals surface area contributed by atoms with Crippen molar-refractivity contribution in [2.45, 2.75) is 0 Å². The minimum atomic E-state index is 0.503. The van der Waals surface area contributed by atoms with E-state index in [0.717, 1.165) is 13.6 Å². The van der Waals surface area contributed by atoms with E-state index in [1.165, 1.54) is 11.3 Å². The SMILES string of the molecule is Nc1csc(NN=Cc2cccc(I)c2Br)n1. The standard InChI is InChI=1S/C10H8BrIN4S/c11-9-6(2-1-3-7(9)12)4-14-16-10-15-8(13)5-17-10/h1-5H,13H2,(H,15,16). The predicted molar refractivity (Wildman–Crippen MR) is 84.6 cm³/mol. The van der Waals surface area contributed by atoms with Gasteiger partial charge < -0.3 is 5.73 Å². The minimum Gasteiger partial charge on any atom is -0.383 e. The Labute approximate surface area is 125 Å². The van der Waals surface area contributed by atoms with E-state index in [-0.39, 0.29) is 0 Å². The first-order chi connectivity index (χ1) is 8.16. The molecule has 0 amide bonds. The van der Waals surface area contributed by atoms with Crippen molar-refractivity contribution < 1.29 is 0 Å². The van der Waals surface area contributed by atoms with Gasteiger partial charge >= 0.3 is 0 Å². The fourth-order valence-electron chi connectivity index (χ4n) is 1.11. The van der Waals surface area contributed by atoms with Crippen LogP contribution in [0.4, 0.5) is 10.9 Å². The van der Waals surface area contributed by atoms with E-state index in [0.29, 0.717) is 10.9 Å². The van der Waals surface area contributed by atoms with Gasteiger partial charge in [-0.2, -0.15) is 5.10 Å². The largest absolute Gasteiger partial charge is 0.383 e. The molecule has 0 saturated heterocycles. The summed E-state index contributed by atoms with van der Waals surface area (Å²) >= 11 is 7.19. The Hall–Kier alpha value is -0.670. The van der Waals surface area contributed by atoms with E-state index < -0.39 is 0 Å². The van der Waals surface area contributed by atoms with Gasteiger partial charge in [0.15, 0.2) is 0 Å². The molecule has 0 aliphatic rings. The van der Waals surface area contributed by atoms with Crippen molar-refractivity contribution in [3.63, 3.8) is 0 Å². The van der Waals surface area contributed by atoms with Gasteiger partial charge in [-0.3, -0.25) is 5.43 Å². The Bertz CT molecular complexity index is 555. The van der Waals surface area contributed by atoms with Gasteiger partial charge in [0, 0.05) is 19.0 Å². The molecule has 17 heavy (non-hydrogen) atoms. The van der Waals surface area contributed by atoms with Crippen LogP contribution in [0.1, 0.15) is 5.56 Å². The van der Waals surface area contributed by atoms with Crippen molar-refractivity contribution in [1.29, 1.82) is 0 Å². The van der Waals surface area contributed by atoms with E-state index in [1.807, 2.05) is 18.2 Å². The van der Waals surface area contributed by atoms with Crippen molar-refractivity contribution in [2.24, 2.45) is 5.10 Å². The summed E-state index contributed by atoms with van der Waals surface area (Å²) in [7, 11) is 0. The van der Waals surface area contributed by atoms with Crippen LogP contribution in [0.15, 0.2) is 33.2 Å². The summed E-state index contributed by atoms with van der Waals surface area (Å²) in [5.41, 5.74) is 9.35. The first-order valence-corrected chi connectivity index (χ1v) is 7.36. The highest BCUT2D eigenvalue weighted by molar-refractivity contribution is 14.1. The normalized spacial score (nSPS) is 10.9. The molecule has 4 nitrogen and oxygen atoms in total. The highest BCUT2D eigenvalue weighted by Gasteiger charge is 2.00. The lowest BCUT2D eigenvalue weighted by molar-refractivity contribution is 1.29. The van der Waals surface area contributed by atoms with Gasteiger partial charge in [-0.1, -0.05) is 12.1 Å². The lowest BCUT2D eigenvalue weighted by Crippen LogP contribution is -1.92. The minimum absolute atomic E-state index is 0.503. The number of rotatable bonds is 3. The number of nitrogens with two attached hydrogens (primary N) is 1. The average Bonchev–Trinajstić information content (AvgIpc) is 2.70. The molecule has 0 unspecified atom stereocenters. The maximum absolute atomic E-state index is 5.50. The molecule has 88 valence electrons. The van der Waals surface area contributed by atoms with E-state index >= 15 is 0 Å². The molecule has 0 atom stereocenters. The molecule has 0 radical (unpaired) electrons. The first kappa shape index (κ1) is 12.8. The number of nitrogens with one attached hydrogen (secondary N) is 1. The Morgan fingerprint density at radius 3 is 3.06 bits per heavy atom. The Morgan fingerprint density at radius 1 is 1.53 bits per heavy atom. The highest BCUT2D eigenvalue weighted by atomic mass is 127. The van der Waals surface area contributed by atoms with Gasteiger partial charge in [-0.05, 0) is 44.6 Å². The fraction of sp³-hybridized carbons (Fsp3) is 0. The number of anilines is 2. The third-order valence-corrected chi connectivity index (χ3v) is 5.16. The van der Waals surface area contributed by atoms with Crippen molar-refractivity contribution in [2.75, 3.05) is 11.2 Å². The Morgan fingerprint density at radius 2 is 2.35 bits per heavy atom. The molecular formula is C10H8BrIN4S. The summed E-state index contributed by atoms with van der Waals surface area (Å²) in [5.74, 6) is 0.503. The zero-order chi connectivity index (χ0) is 12.3. The third kappa shape index (κ3) is 3.39. The zero-order valence-electron chi connectivity index (χ0n) is 8.52. The Kier molecular flexibility index (Phi) is 4.35. The van der Waals surface area contributed by atoms with E-state index in [9.17, 15) is 0 Å². The molecule has 2 rings (SSSR count). The topological polar surface area (TPSA) is 63.3 Å². The first-order valence-electron chi connectivity index (χ1n) is 4.61. The second-order valence-electron chi connectivity index (χ2n) is 3.09. The van der Waals surface area contributed by atoms with Crippen LogP contribution < -0.4 is 11.2 Å². The number of benzene rings is 1. The summed E-state index contributed by atoms with van der Waals surface area (Å²) in [6.07, 6.45) is 1.74. The highest BCUT2D eigenvalue weighted by Crippen LogP contribution is 2.22. The molecule has 0 aliphatic carbocycles. The lowest BCUT2D eigenvalue weighted by Gasteiger charge is -2.00. The van der Waals surface area contributed by atoms with Gasteiger partial charge in [-0.15, -0.1) is 11.3 Å². The molecular weight excluding hydrogens is 415 g/mol. The van der Waals surface area contributed by atoms with Crippen LogP contribution in [0.3, 0.4) is 0 Å². The monoisotopic (exact) mass is 422 g/mol. The van der Waals surface area contributed by atoms with E-state index in [1.54, 1.807) is 11.6 Å². The average molecular weight is 423 g/mol. The molecule has 0 saturated carbocycles. The number of thiazole rings is 1. The fourth-order valence-corrected chi connectivity index (χ4v) is 2.55. The van der Waals surface area contributed by atoms with Crippen molar-refractivity contribution in [3.8, 4) is 0 Å².